The molecule has 0 bridgehead atoms. The molecular weight excluding hydrogens is 354 g/mol. The number of aryl methyl sites for hydroxylation is 1. The van der Waals surface area contributed by atoms with Crippen molar-refractivity contribution in [3.05, 3.63) is 102 Å². The fraction of sp³-hybridized carbons (Fsp3) is 0.148. The zero-order valence-electron chi connectivity index (χ0n) is 19.4. The predicted octanol–water partition coefficient (Wildman–Crippen LogP) is 7.28. The summed E-state index contributed by atoms with van der Waals surface area (Å²) in [7, 11) is 0. The van der Waals surface area contributed by atoms with Gasteiger partial charge in [0, 0.05) is 32.1 Å². The van der Waals surface area contributed by atoms with Crippen LogP contribution in [0.2, 0.25) is 0 Å². The Balaban J connectivity index is 1.74. The first kappa shape index (κ1) is 14.6. The first-order chi connectivity index (χ1) is 15.3. The standard InChI is InChI=1S/C27H23NO/c1-18-13-14-21(26-25(18)22-11-7-8-12-24(22)29-26)23-17-20(15-16-28-23)27(2,3)19-9-5-4-6-10-19/h4-17H,1-3H3/i1D3. The van der Waals surface area contributed by atoms with Crippen LogP contribution < -0.4 is 0 Å². The van der Waals surface area contributed by atoms with Crippen LogP contribution in [0.5, 0.6) is 0 Å². The summed E-state index contributed by atoms with van der Waals surface area (Å²) in [6.07, 6.45) is 1.81. The van der Waals surface area contributed by atoms with Crippen LogP contribution in [-0.2, 0) is 5.41 Å². The Morgan fingerprint density at radius 2 is 1.66 bits per heavy atom. The van der Waals surface area contributed by atoms with Crippen LogP contribution in [0, 0.1) is 6.85 Å². The lowest BCUT2D eigenvalue weighted by atomic mass is 9.78. The molecule has 5 rings (SSSR count). The average Bonchev–Trinajstić information content (AvgIpc) is 3.18. The number of pyridine rings is 1. The molecule has 0 radical (unpaired) electrons. The van der Waals surface area contributed by atoms with E-state index in [0.29, 0.717) is 22.1 Å². The van der Waals surface area contributed by atoms with Crippen LogP contribution in [0.1, 0.15) is 34.7 Å². The van der Waals surface area contributed by atoms with Gasteiger partial charge in [-0.15, -0.1) is 0 Å². The third-order valence-corrected chi connectivity index (χ3v) is 5.78. The van der Waals surface area contributed by atoms with Gasteiger partial charge in [0.05, 0.1) is 5.69 Å². The molecule has 2 nitrogen and oxygen atoms in total. The summed E-state index contributed by atoms with van der Waals surface area (Å²) in [5.41, 5.74) is 5.18. The number of hydrogen-bond donors (Lipinski definition) is 0. The minimum atomic E-state index is -2.24. The highest BCUT2D eigenvalue weighted by molar-refractivity contribution is 6.10. The van der Waals surface area contributed by atoms with Crippen molar-refractivity contribution in [2.45, 2.75) is 26.1 Å². The molecule has 3 aromatic carbocycles. The van der Waals surface area contributed by atoms with Gasteiger partial charge in [-0.3, -0.25) is 4.98 Å². The van der Waals surface area contributed by atoms with Gasteiger partial charge >= 0.3 is 0 Å². The van der Waals surface area contributed by atoms with E-state index in [1.54, 1.807) is 6.07 Å². The van der Waals surface area contributed by atoms with Crippen LogP contribution in [0.3, 0.4) is 0 Å². The van der Waals surface area contributed by atoms with Crippen LogP contribution in [0.25, 0.3) is 33.2 Å². The maximum Gasteiger partial charge on any atom is 0.145 e. The van der Waals surface area contributed by atoms with Crippen molar-refractivity contribution < 1.29 is 8.53 Å². The van der Waals surface area contributed by atoms with Gasteiger partial charge < -0.3 is 4.42 Å². The molecule has 0 aliphatic rings. The molecule has 2 heteroatoms. The first-order valence-corrected chi connectivity index (χ1v) is 9.74. The topological polar surface area (TPSA) is 26.0 Å². The zero-order chi connectivity index (χ0) is 22.5. The molecule has 0 aliphatic carbocycles. The Labute approximate surface area is 175 Å². The maximum absolute atomic E-state index is 8.03. The molecule has 0 unspecified atom stereocenters. The quantitative estimate of drug-likeness (QED) is 0.329. The molecule has 29 heavy (non-hydrogen) atoms. The Morgan fingerprint density at radius 1 is 0.862 bits per heavy atom. The maximum atomic E-state index is 8.03. The molecule has 0 atom stereocenters. The van der Waals surface area contributed by atoms with Crippen molar-refractivity contribution in [1.82, 2.24) is 4.98 Å². The van der Waals surface area contributed by atoms with Gasteiger partial charge in [-0.2, -0.15) is 0 Å². The molecule has 0 saturated carbocycles. The number of hydrogen-bond acceptors (Lipinski definition) is 2. The van der Waals surface area contributed by atoms with Gasteiger partial charge in [-0.05, 0) is 47.8 Å². The number of furan rings is 1. The lowest BCUT2D eigenvalue weighted by Crippen LogP contribution is -2.18. The van der Waals surface area contributed by atoms with Crippen LogP contribution in [0.4, 0.5) is 0 Å². The predicted molar refractivity (Wildman–Crippen MR) is 120 cm³/mol. The SMILES string of the molecule is [2H]C([2H])([2H])c1ccc(-c2cc(C(C)(C)c3ccccc3)ccn2)c2oc3ccccc3c12. The number of para-hydroxylation sites is 1. The summed E-state index contributed by atoms with van der Waals surface area (Å²) in [6.45, 7) is 2.14. The fourth-order valence-electron chi connectivity index (χ4n) is 4.02. The van der Waals surface area contributed by atoms with Gasteiger partial charge in [-0.1, -0.05) is 68.4 Å². The number of nitrogens with zero attached hydrogens (tertiary/aromatic N) is 1. The fourth-order valence-corrected chi connectivity index (χ4v) is 4.02. The monoisotopic (exact) mass is 380 g/mol. The number of benzene rings is 3. The first-order valence-electron chi connectivity index (χ1n) is 11.2. The molecule has 2 aromatic heterocycles. The summed E-state index contributed by atoms with van der Waals surface area (Å²) in [6, 6.07) is 25.5. The molecule has 0 fully saturated rings. The summed E-state index contributed by atoms with van der Waals surface area (Å²) in [4.78, 5) is 4.63. The third kappa shape index (κ3) is 2.84. The average molecular weight is 381 g/mol. The molecule has 0 aliphatic heterocycles. The second-order valence-electron chi connectivity index (χ2n) is 7.88. The minimum absolute atomic E-state index is 0.218. The molecule has 0 N–H and O–H groups in total. The molecule has 0 spiro atoms. The highest BCUT2D eigenvalue weighted by Gasteiger charge is 2.24. The lowest BCUT2D eigenvalue weighted by Gasteiger charge is -2.26. The highest BCUT2D eigenvalue weighted by Crippen LogP contribution is 2.38. The van der Waals surface area contributed by atoms with Crippen LogP contribution >= 0.6 is 0 Å². The third-order valence-electron chi connectivity index (χ3n) is 5.78. The molecule has 5 aromatic rings. The molecule has 142 valence electrons. The summed E-state index contributed by atoms with van der Waals surface area (Å²) in [5.74, 6) is 0. The normalized spacial score (nSPS) is 13.9. The van der Waals surface area contributed by atoms with E-state index >= 15 is 0 Å². The van der Waals surface area contributed by atoms with Gasteiger partial charge in [-0.25, -0.2) is 0 Å². The number of rotatable bonds is 3. The Bertz CT molecular complexity index is 1430. The smallest absolute Gasteiger partial charge is 0.145 e. The van der Waals surface area contributed by atoms with E-state index in [0.717, 1.165) is 22.2 Å². The number of fused-ring (bicyclic) bond motifs is 3. The molecule has 2 heterocycles. The lowest BCUT2D eigenvalue weighted by molar-refractivity contribution is 0.640. The van der Waals surface area contributed by atoms with Crippen molar-refractivity contribution in [3.63, 3.8) is 0 Å². The second-order valence-corrected chi connectivity index (χ2v) is 7.88. The zero-order valence-corrected chi connectivity index (χ0v) is 16.4. The van der Waals surface area contributed by atoms with Crippen molar-refractivity contribution in [1.29, 1.82) is 0 Å². The van der Waals surface area contributed by atoms with Crippen LogP contribution in [0.15, 0.2) is 89.5 Å². The van der Waals surface area contributed by atoms with E-state index in [1.807, 2.05) is 60.8 Å². The van der Waals surface area contributed by atoms with E-state index in [1.165, 1.54) is 5.56 Å². The van der Waals surface area contributed by atoms with Gasteiger partial charge in [0.25, 0.3) is 0 Å². The molecule has 0 amide bonds. The number of aromatic nitrogens is 1. The van der Waals surface area contributed by atoms with E-state index in [4.69, 9.17) is 8.53 Å². The Kier molecular flexibility index (Phi) is 3.32. The van der Waals surface area contributed by atoms with Crippen LogP contribution in [-0.4, -0.2) is 4.98 Å². The van der Waals surface area contributed by atoms with E-state index in [9.17, 15) is 0 Å². The van der Waals surface area contributed by atoms with Crippen molar-refractivity contribution >= 4 is 21.9 Å². The van der Waals surface area contributed by atoms with Crippen molar-refractivity contribution in [2.24, 2.45) is 0 Å². The molecular formula is C27H23NO. The summed E-state index contributed by atoms with van der Waals surface area (Å²) < 4.78 is 30.3. The van der Waals surface area contributed by atoms with Crippen molar-refractivity contribution in [2.75, 3.05) is 0 Å². The van der Waals surface area contributed by atoms with Gasteiger partial charge in [0.1, 0.15) is 11.2 Å². The highest BCUT2D eigenvalue weighted by atomic mass is 16.3. The second kappa shape index (κ2) is 6.59. The Hall–Kier alpha value is -3.39. The van der Waals surface area contributed by atoms with Gasteiger partial charge in [0.15, 0.2) is 0 Å². The Morgan fingerprint density at radius 3 is 2.48 bits per heavy atom. The largest absolute Gasteiger partial charge is 0.455 e. The summed E-state index contributed by atoms with van der Waals surface area (Å²) in [5, 5.41) is 1.43. The van der Waals surface area contributed by atoms with Gasteiger partial charge in [0.2, 0.25) is 0 Å². The van der Waals surface area contributed by atoms with E-state index < -0.39 is 6.85 Å². The molecule has 0 saturated heterocycles. The van der Waals surface area contributed by atoms with E-state index in [2.05, 4.69) is 37.0 Å². The van der Waals surface area contributed by atoms with E-state index in [-0.39, 0.29) is 5.41 Å². The van der Waals surface area contributed by atoms with Crippen molar-refractivity contribution in [3.8, 4) is 11.3 Å². The minimum Gasteiger partial charge on any atom is -0.455 e. The summed E-state index contributed by atoms with van der Waals surface area (Å²) >= 11 is 0.